The fourth-order valence-electron chi connectivity index (χ4n) is 3.54. The van der Waals surface area contributed by atoms with Crippen LogP contribution in [0.3, 0.4) is 0 Å². The number of rotatable bonds is 6. The molecule has 1 aromatic carbocycles. The molecule has 2 aromatic heterocycles. The number of hydrogen-bond acceptors (Lipinski definition) is 6. The van der Waals surface area contributed by atoms with Crippen molar-refractivity contribution in [3.05, 3.63) is 53.0 Å². The van der Waals surface area contributed by atoms with Crippen LogP contribution in [-0.2, 0) is 9.47 Å². The number of methoxy groups -OCH3 is 1. The Morgan fingerprint density at radius 1 is 1.00 bits per heavy atom. The van der Waals surface area contributed by atoms with E-state index in [9.17, 15) is 9.59 Å². The second-order valence-corrected chi connectivity index (χ2v) is 6.42. The van der Waals surface area contributed by atoms with Crippen molar-refractivity contribution in [2.45, 2.75) is 27.7 Å². The van der Waals surface area contributed by atoms with Gasteiger partial charge in [-0.05, 0) is 39.8 Å². The SMILES string of the molecule is CCOC(=O)c1c(C(=O)OCC)c(C)n(-c2cc(OC)cc3cccnc23)c1C. The fourth-order valence-corrected chi connectivity index (χ4v) is 3.54. The molecule has 0 spiro atoms. The molecule has 3 rings (SSSR count). The van der Waals surface area contributed by atoms with E-state index >= 15 is 0 Å². The van der Waals surface area contributed by atoms with Crippen molar-refractivity contribution in [2.75, 3.05) is 20.3 Å². The quantitative estimate of drug-likeness (QED) is 0.586. The van der Waals surface area contributed by atoms with Crippen LogP contribution in [0.5, 0.6) is 5.75 Å². The number of nitrogens with zero attached hydrogens (tertiary/aromatic N) is 2. The van der Waals surface area contributed by atoms with Crippen LogP contribution in [0.4, 0.5) is 0 Å². The van der Waals surface area contributed by atoms with Gasteiger partial charge in [0.2, 0.25) is 0 Å². The van der Waals surface area contributed by atoms with Gasteiger partial charge in [-0.15, -0.1) is 0 Å². The first-order chi connectivity index (χ1) is 13.9. The number of ether oxygens (including phenoxy) is 3. The third-order valence-corrected chi connectivity index (χ3v) is 4.74. The molecule has 7 heteroatoms. The van der Waals surface area contributed by atoms with Crippen molar-refractivity contribution >= 4 is 22.8 Å². The average Bonchev–Trinajstić information content (AvgIpc) is 2.97. The van der Waals surface area contributed by atoms with E-state index < -0.39 is 11.9 Å². The lowest BCUT2D eigenvalue weighted by Crippen LogP contribution is -2.13. The summed E-state index contributed by atoms with van der Waals surface area (Å²) in [5.41, 5.74) is 2.98. The first-order valence-corrected chi connectivity index (χ1v) is 9.43. The van der Waals surface area contributed by atoms with Gasteiger partial charge in [0.15, 0.2) is 0 Å². The molecule has 0 atom stereocenters. The lowest BCUT2D eigenvalue weighted by atomic mass is 10.1. The highest BCUT2D eigenvalue weighted by Crippen LogP contribution is 2.33. The standard InChI is InChI=1S/C22H24N2O5/c1-6-28-21(25)18-13(3)24(14(4)19(18)22(26)29-7-2)17-12-16(27-5)11-15-9-8-10-23-20(15)17/h8-12H,6-7H2,1-5H3. The number of benzene rings is 1. The molecule has 3 aromatic rings. The van der Waals surface area contributed by atoms with Crippen molar-refractivity contribution < 1.29 is 23.8 Å². The molecule has 29 heavy (non-hydrogen) atoms. The predicted molar refractivity (Wildman–Crippen MR) is 109 cm³/mol. The topological polar surface area (TPSA) is 79.7 Å². The maximum Gasteiger partial charge on any atom is 0.340 e. The van der Waals surface area contributed by atoms with Crippen molar-refractivity contribution in [3.8, 4) is 11.4 Å². The largest absolute Gasteiger partial charge is 0.497 e. The minimum Gasteiger partial charge on any atom is -0.497 e. The molecule has 7 nitrogen and oxygen atoms in total. The zero-order valence-corrected chi connectivity index (χ0v) is 17.2. The summed E-state index contributed by atoms with van der Waals surface area (Å²) in [4.78, 5) is 29.9. The second-order valence-electron chi connectivity index (χ2n) is 6.42. The molecule has 0 saturated heterocycles. The van der Waals surface area contributed by atoms with Crippen LogP contribution in [0.1, 0.15) is 46.0 Å². The summed E-state index contributed by atoms with van der Waals surface area (Å²) < 4.78 is 17.7. The summed E-state index contributed by atoms with van der Waals surface area (Å²) in [5.74, 6) is -0.478. The number of pyridine rings is 1. The monoisotopic (exact) mass is 396 g/mol. The highest BCUT2D eigenvalue weighted by Gasteiger charge is 2.30. The van der Waals surface area contributed by atoms with Gasteiger partial charge in [0.05, 0.1) is 42.7 Å². The fraction of sp³-hybridized carbons (Fsp3) is 0.318. The van der Waals surface area contributed by atoms with Gasteiger partial charge in [0, 0.05) is 29.0 Å². The van der Waals surface area contributed by atoms with Crippen LogP contribution in [0.15, 0.2) is 30.5 Å². The van der Waals surface area contributed by atoms with Gasteiger partial charge in [-0.25, -0.2) is 9.59 Å². The van der Waals surface area contributed by atoms with E-state index in [1.807, 2.05) is 28.8 Å². The molecule has 0 unspecified atom stereocenters. The molecule has 152 valence electrons. The molecule has 0 N–H and O–H groups in total. The first kappa shape index (κ1) is 20.4. The first-order valence-electron chi connectivity index (χ1n) is 9.43. The molecular weight excluding hydrogens is 372 g/mol. The van der Waals surface area contributed by atoms with E-state index in [0.717, 1.165) is 10.9 Å². The van der Waals surface area contributed by atoms with Crippen LogP contribution in [0.2, 0.25) is 0 Å². The summed E-state index contributed by atoms with van der Waals surface area (Å²) in [6.45, 7) is 7.40. The number of hydrogen-bond donors (Lipinski definition) is 0. The van der Waals surface area contributed by atoms with Crippen LogP contribution >= 0.6 is 0 Å². The summed E-state index contributed by atoms with van der Waals surface area (Å²) in [6, 6.07) is 7.49. The minimum atomic E-state index is -0.560. The van der Waals surface area contributed by atoms with Gasteiger partial charge < -0.3 is 18.8 Å². The molecule has 0 bridgehead atoms. The van der Waals surface area contributed by atoms with Crippen LogP contribution in [0, 0.1) is 13.8 Å². The van der Waals surface area contributed by atoms with E-state index in [0.29, 0.717) is 22.8 Å². The van der Waals surface area contributed by atoms with Gasteiger partial charge in [0.25, 0.3) is 0 Å². The molecule has 0 amide bonds. The third kappa shape index (κ3) is 3.55. The Labute approximate surface area is 169 Å². The van der Waals surface area contributed by atoms with Gasteiger partial charge in [-0.1, -0.05) is 6.07 Å². The number of esters is 2. The molecule has 0 aliphatic rings. The Balaban J connectivity index is 2.37. The van der Waals surface area contributed by atoms with E-state index in [-0.39, 0.29) is 24.3 Å². The number of carbonyl (C=O) groups is 2. The smallest absolute Gasteiger partial charge is 0.340 e. The molecule has 0 aliphatic heterocycles. The number of carbonyl (C=O) groups excluding carboxylic acids is 2. The summed E-state index contributed by atoms with van der Waals surface area (Å²) in [6.07, 6.45) is 1.70. The Kier molecular flexibility index (Phi) is 5.87. The van der Waals surface area contributed by atoms with Crippen molar-refractivity contribution in [1.82, 2.24) is 9.55 Å². The maximum absolute atomic E-state index is 12.7. The van der Waals surface area contributed by atoms with Gasteiger partial charge >= 0.3 is 11.9 Å². The van der Waals surface area contributed by atoms with E-state index in [1.54, 1.807) is 41.0 Å². The van der Waals surface area contributed by atoms with Gasteiger partial charge in [-0.3, -0.25) is 4.98 Å². The van der Waals surface area contributed by atoms with E-state index in [2.05, 4.69) is 4.98 Å². The summed E-state index contributed by atoms with van der Waals surface area (Å²) >= 11 is 0. The minimum absolute atomic E-state index is 0.203. The molecule has 2 heterocycles. The Morgan fingerprint density at radius 3 is 2.10 bits per heavy atom. The predicted octanol–water partition coefficient (Wildman–Crippen LogP) is 4.00. The zero-order valence-electron chi connectivity index (χ0n) is 17.2. The Bertz CT molecular complexity index is 1040. The van der Waals surface area contributed by atoms with E-state index in [4.69, 9.17) is 14.2 Å². The van der Waals surface area contributed by atoms with Crippen molar-refractivity contribution in [2.24, 2.45) is 0 Å². The third-order valence-electron chi connectivity index (χ3n) is 4.74. The summed E-state index contributed by atoms with van der Waals surface area (Å²) in [5, 5.41) is 0.879. The highest BCUT2D eigenvalue weighted by molar-refractivity contribution is 6.06. The molecular formula is C22H24N2O5. The number of aromatic nitrogens is 2. The lowest BCUT2D eigenvalue weighted by molar-refractivity contribution is 0.0479. The van der Waals surface area contributed by atoms with Gasteiger partial charge in [-0.2, -0.15) is 0 Å². The number of fused-ring (bicyclic) bond motifs is 1. The van der Waals surface area contributed by atoms with Crippen LogP contribution < -0.4 is 4.74 Å². The van der Waals surface area contributed by atoms with Crippen LogP contribution in [0.25, 0.3) is 16.6 Å². The normalized spacial score (nSPS) is 10.8. The maximum atomic E-state index is 12.7. The highest BCUT2D eigenvalue weighted by atomic mass is 16.5. The summed E-state index contributed by atoms with van der Waals surface area (Å²) in [7, 11) is 1.59. The second kappa shape index (κ2) is 8.34. The van der Waals surface area contributed by atoms with Crippen LogP contribution in [-0.4, -0.2) is 41.8 Å². The molecule has 0 saturated carbocycles. The average molecular weight is 396 g/mol. The van der Waals surface area contributed by atoms with Crippen molar-refractivity contribution in [3.63, 3.8) is 0 Å². The molecule has 0 fully saturated rings. The Morgan fingerprint density at radius 2 is 1.59 bits per heavy atom. The zero-order chi connectivity index (χ0) is 21.1. The molecule has 0 radical (unpaired) electrons. The van der Waals surface area contributed by atoms with Gasteiger partial charge in [0.1, 0.15) is 5.75 Å². The molecule has 0 aliphatic carbocycles. The van der Waals surface area contributed by atoms with E-state index in [1.165, 1.54) is 0 Å². The lowest BCUT2D eigenvalue weighted by Gasteiger charge is -2.14. The Hall–Kier alpha value is -3.35. The van der Waals surface area contributed by atoms with Crippen molar-refractivity contribution in [1.29, 1.82) is 0 Å².